The van der Waals surface area contributed by atoms with Crippen LogP contribution in [0.15, 0.2) is 30.3 Å². The summed E-state index contributed by atoms with van der Waals surface area (Å²) in [5, 5.41) is 23.0. The molecule has 8 heteroatoms. The fourth-order valence-corrected chi connectivity index (χ4v) is 10.5. The zero-order valence-electron chi connectivity index (χ0n) is 24.4. The van der Waals surface area contributed by atoms with Crippen molar-refractivity contribution in [1.29, 1.82) is 0 Å². The molecule has 4 fully saturated rings. The smallest absolute Gasteiger partial charge is 0.324 e. The van der Waals surface area contributed by atoms with E-state index in [2.05, 4.69) is 13.8 Å². The van der Waals surface area contributed by atoms with E-state index >= 15 is 0 Å². The van der Waals surface area contributed by atoms with Gasteiger partial charge in [-0.05, 0) is 73.7 Å². The Morgan fingerprint density at radius 3 is 2.32 bits per heavy atom. The van der Waals surface area contributed by atoms with E-state index in [0.717, 1.165) is 31.2 Å². The number of rotatable bonds is 10. The summed E-state index contributed by atoms with van der Waals surface area (Å²) in [7, 11) is 0. The fraction of sp³-hybridized carbons (Fsp3) is 0.727. The van der Waals surface area contributed by atoms with E-state index in [-0.39, 0.29) is 59.5 Å². The normalized spacial score (nSPS) is 38.2. The fourth-order valence-electron chi connectivity index (χ4n) is 10.0. The molecule has 9 atom stereocenters. The summed E-state index contributed by atoms with van der Waals surface area (Å²) in [6.07, 6.45) is 4.32. The number of aliphatic hydroxyl groups excluding tert-OH is 1. The molecule has 0 aliphatic heterocycles. The number of carboxylic acids is 1. The van der Waals surface area contributed by atoms with Crippen molar-refractivity contribution in [3.05, 3.63) is 35.9 Å². The number of hydrogen-bond donors (Lipinski definition) is 2. The second-order valence-corrected chi connectivity index (χ2v) is 14.4. The Balaban J connectivity index is 1.59. The van der Waals surface area contributed by atoms with Crippen LogP contribution >= 0.6 is 23.2 Å². The molecule has 4 saturated carbocycles. The van der Waals surface area contributed by atoms with Gasteiger partial charge in [-0.25, -0.2) is 0 Å². The Kier molecular flexibility index (Phi) is 8.99. The second-order valence-electron chi connectivity index (χ2n) is 13.7. The lowest BCUT2D eigenvalue weighted by atomic mass is 9.41. The van der Waals surface area contributed by atoms with Gasteiger partial charge < -0.3 is 10.2 Å². The van der Waals surface area contributed by atoms with Crippen LogP contribution < -0.4 is 0 Å². The summed E-state index contributed by atoms with van der Waals surface area (Å²) < 4.78 is 0. The number of carboxylic acid groups (broad SMARTS) is 1. The van der Waals surface area contributed by atoms with E-state index in [0.29, 0.717) is 38.1 Å². The Labute approximate surface area is 254 Å². The zero-order valence-corrected chi connectivity index (χ0v) is 25.9. The average Bonchev–Trinajstić information content (AvgIpc) is 3.25. The number of aryl methyl sites for hydroxylation is 1. The van der Waals surface area contributed by atoms with Crippen LogP contribution in [0.4, 0.5) is 0 Å². The van der Waals surface area contributed by atoms with Crippen molar-refractivity contribution in [2.24, 2.45) is 40.4 Å². The van der Waals surface area contributed by atoms with Gasteiger partial charge in [-0.15, -0.1) is 23.2 Å². The highest BCUT2D eigenvalue weighted by Gasteiger charge is 2.67. The lowest BCUT2D eigenvalue weighted by Crippen LogP contribution is -2.70. The van der Waals surface area contributed by atoms with Gasteiger partial charge in [0.05, 0.1) is 6.10 Å². The number of halogens is 2. The molecule has 1 aromatic carbocycles. The van der Waals surface area contributed by atoms with Gasteiger partial charge in [-0.2, -0.15) is 0 Å². The monoisotopic (exact) mass is 605 g/mol. The first-order valence-corrected chi connectivity index (χ1v) is 16.5. The maximum Gasteiger partial charge on any atom is 0.324 e. The number of Topliss-reactive ketones (excluding diaryl/α,β-unsaturated/α-hetero) is 2. The first-order valence-electron chi connectivity index (χ1n) is 15.4. The van der Waals surface area contributed by atoms with Crippen LogP contribution in [0.1, 0.15) is 70.8 Å². The highest BCUT2D eigenvalue weighted by Crippen LogP contribution is 2.66. The molecule has 2 N–H and O–H groups in total. The molecular formula is C33H45Cl2NO5. The largest absolute Gasteiger partial charge is 0.480 e. The number of carbonyl (C=O) groups is 3. The lowest BCUT2D eigenvalue weighted by Gasteiger charge is -2.63. The summed E-state index contributed by atoms with van der Waals surface area (Å²) in [6.45, 7) is 4.96. The number of carbonyl (C=O) groups excluding carboxylic acids is 2. The Morgan fingerprint density at radius 1 is 1.00 bits per heavy atom. The van der Waals surface area contributed by atoms with Crippen LogP contribution in [-0.4, -0.2) is 69.1 Å². The van der Waals surface area contributed by atoms with Gasteiger partial charge in [0.2, 0.25) is 0 Å². The third-order valence-electron chi connectivity index (χ3n) is 12.1. The number of aliphatic hydroxyl groups is 1. The molecular weight excluding hydrogens is 561 g/mol. The number of nitrogens with zero attached hydrogens (tertiary/aromatic N) is 1. The molecule has 0 radical (unpaired) electrons. The van der Waals surface area contributed by atoms with Crippen molar-refractivity contribution >= 4 is 40.7 Å². The molecule has 1 aromatic rings. The number of hydrogen-bond acceptors (Lipinski definition) is 5. The molecule has 0 heterocycles. The van der Waals surface area contributed by atoms with Gasteiger partial charge in [0, 0.05) is 54.9 Å². The number of ketones is 2. The maximum atomic E-state index is 14.2. The summed E-state index contributed by atoms with van der Waals surface area (Å²) in [6, 6.07) is 9.83. The summed E-state index contributed by atoms with van der Waals surface area (Å²) in [4.78, 5) is 42.7. The van der Waals surface area contributed by atoms with Crippen LogP contribution in [-0.2, 0) is 20.8 Å². The molecule has 7 unspecified atom stereocenters. The minimum Gasteiger partial charge on any atom is -0.480 e. The quantitative estimate of drug-likeness (QED) is 0.337. The Bertz CT molecular complexity index is 1140. The average molecular weight is 607 g/mol. The Hall–Kier alpha value is -1.47. The minimum absolute atomic E-state index is 0.0654. The molecule has 0 saturated heterocycles. The van der Waals surface area contributed by atoms with Crippen LogP contribution in [0.3, 0.4) is 0 Å². The zero-order chi connectivity index (χ0) is 29.6. The summed E-state index contributed by atoms with van der Waals surface area (Å²) in [5.41, 5.74) is -1.15. The van der Waals surface area contributed by atoms with Crippen molar-refractivity contribution in [2.45, 2.75) is 83.3 Å². The van der Waals surface area contributed by atoms with Crippen LogP contribution in [0.2, 0.25) is 0 Å². The van der Waals surface area contributed by atoms with Crippen molar-refractivity contribution in [3.63, 3.8) is 0 Å². The number of alkyl halides is 2. The van der Waals surface area contributed by atoms with E-state index in [1.165, 1.54) is 0 Å². The Morgan fingerprint density at radius 2 is 1.68 bits per heavy atom. The molecule has 4 aliphatic carbocycles. The van der Waals surface area contributed by atoms with Gasteiger partial charge in [0.15, 0.2) is 0 Å². The first kappa shape index (κ1) is 31.0. The van der Waals surface area contributed by atoms with Gasteiger partial charge in [-0.3, -0.25) is 19.3 Å². The molecule has 5 rings (SSSR count). The maximum absolute atomic E-state index is 14.2. The highest BCUT2D eigenvalue weighted by atomic mass is 35.5. The summed E-state index contributed by atoms with van der Waals surface area (Å²) >= 11 is 12.5. The molecule has 226 valence electrons. The third-order valence-corrected chi connectivity index (χ3v) is 12.5. The molecule has 4 aliphatic rings. The van der Waals surface area contributed by atoms with Gasteiger partial charge in [0.1, 0.15) is 17.1 Å². The van der Waals surface area contributed by atoms with E-state index in [1.807, 2.05) is 35.2 Å². The van der Waals surface area contributed by atoms with Crippen molar-refractivity contribution in [3.8, 4) is 0 Å². The van der Waals surface area contributed by atoms with Gasteiger partial charge >= 0.3 is 5.97 Å². The van der Waals surface area contributed by atoms with E-state index < -0.39 is 28.9 Å². The lowest BCUT2D eigenvalue weighted by molar-refractivity contribution is -0.197. The predicted octanol–water partition coefficient (Wildman–Crippen LogP) is 5.60. The van der Waals surface area contributed by atoms with E-state index in [9.17, 15) is 24.6 Å². The van der Waals surface area contributed by atoms with Crippen molar-refractivity contribution < 1.29 is 24.6 Å². The molecule has 0 amide bonds. The number of aliphatic carboxylic acids is 1. The van der Waals surface area contributed by atoms with E-state index in [4.69, 9.17) is 23.2 Å². The first-order chi connectivity index (χ1) is 19.5. The van der Waals surface area contributed by atoms with E-state index in [1.54, 1.807) is 0 Å². The molecule has 6 nitrogen and oxygen atoms in total. The number of benzene rings is 1. The second kappa shape index (κ2) is 11.9. The molecule has 0 bridgehead atoms. The standard InChI is InChI=1S/C33H45Cl2NO5/c1-31-14-12-25(37)29(24(31)20-26(38)28-22-8-9-27(39)32(22,2)13-11-23(28)31)33(30(40)41,36(18-16-34)19-17-35)15-10-21-6-4-3-5-7-21/h3-7,22-25,28-29,37H,8-20H2,1-2H3,(H,40,41)/t22?,23?,24?,25?,28?,29?,31-,32+,33?/m1/s1. The van der Waals surface area contributed by atoms with Crippen LogP contribution in [0, 0.1) is 40.4 Å². The molecule has 0 spiro atoms. The summed E-state index contributed by atoms with van der Waals surface area (Å²) in [5.74, 6) is -1.02. The van der Waals surface area contributed by atoms with Gasteiger partial charge in [0.25, 0.3) is 0 Å². The van der Waals surface area contributed by atoms with Gasteiger partial charge in [-0.1, -0.05) is 44.2 Å². The van der Waals surface area contributed by atoms with Crippen molar-refractivity contribution in [2.75, 3.05) is 24.8 Å². The van der Waals surface area contributed by atoms with Crippen molar-refractivity contribution in [1.82, 2.24) is 4.90 Å². The third kappa shape index (κ3) is 4.99. The molecule has 41 heavy (non-hydrogen) atoms. The SMILES string of the molecule is C[C@]12CCC(O)C(C(CCc3ccccc3)(C(=O)O)N(CCCl)CCCl)C1CC(=O)C1C2CC[C@]2(C)C(=O)CCC12. The highest BCUT2D eigenvalue weighted by molar-refractivity contribution is 6.18. The number of fused-ring (bicyclic) bond motifs is 5. The molecule has 0 aromatic heterocycles. The predicted molar refractivity (Wildman–Crippen MR) is 160 cm³/mol. The minimum atomic E-state index is -1.44. The van der Waals surface area contributed by atoms with Crippen LogP contribution in [0.5, 0.6) is 0 Å². The van der Waals surface area contributed by atoms with Crippen LogP contribution in [0.25, 0.3) is 0 Å². The topological polar surface area (TPSA) is 94.9 Å².